The van der Waals surface area contributed by atoms with Gasteiger partial charge in [-0.3, -0.25) is 0 Å². The Labute approximate surface area is 88.0 Å². The Balaban J connectivity index is 3.86. The molecule has 0 radical (unpaired) electrons. The highest BCUT2D eigenvalue weighted by Gasteiger charge is 2.17. The molecule has 0 aliphatic heterocycles. The van der Waals surface area contributed by atoms with Gasteiger partial charge in [0.15, 0.2) is 0 Å². The second-order valence-electron chi connectivity index (χ2n) is 3.85. The monoisotopic (exact) mass is 200 g/mol. The van der Waals surface area contributed by atoms with Crippen LogP contribution in [0.15, 0.2) is 12.2 Å². The van der Waals surface area contributed by atoms with Gasteiger partial charge in [0.2, 0.25) is 0 Å². The number of aliphatic hydroxyl groups is 1. The van der Waals surface area contributed by atoms with Crippen LogP contribution in [0.4, 0.5) is 0 Å². The second-order valence-corrected chi connectivity index (χ2v) is 3.85. The van der Waals surface area contributed by atoms with Crippen molar-refractivity contribution in [2.24, 2.45) is 0 Å². The Bertz CT molecular complexity index is 148. The van der Waals surface area contributed by atoms with E-state index in [1.54, 1.807) is 0 Å². The molecule has 0 heterocycles. The summed E-state index contributed by atoms with van der Waals surface area (Å²) in [7, 11) is 0. The lowest BCUT2D eigenvalue weighted by Crippen LogP contribution is -2.29. The summed E-state index contributed by atoms with van der Waals surface area (Å²) in [6, 6.07) is 0. The molecule has 0 rings (SSSR count). The van der Waals surface area contributed by atoms with Crippen LogP contribution in [0.25, 0.3) is 0 Å². The summed E-state index contributed by atoms with van der Waals surface area (Å²) < 4.78 is 5.50. The Morgan fingerprint density at radius 3 is 2.43 bits per heavy atom. The van der Waals surface area contributed by atoms with Crippen LogP contribution in [-0.4, -0.2) is 23.9 Å². The van der Waals surface area contributed by atoms with Crippen molar-refractivity contribution in [2.45, 2.75) is 58.7 Å². The maximum Gasteiger partial charge on any atom is 0.0833 e. The van der Waals surface area contributed by atoms with Gasteiger partial charge in [0.1, 0.15) is 0 Å². The molecule has 0 bridgehead atoms. The average molecular weight is 200 g/mol. The molecule has 14 heavy (non-hydrogen) atoms. The molecule has 2 unspecified atom stereocenters. The topological polar surface area (TPSA) is 29.5 Å². The first-order chi connectivity index (χ1) is 6.61. The number of aliphatic hydroxyl groups excluding tert-OH is 1. The van der Waals surface area contributed by atoms with Crippen molar-refractivity contribution < 1.29 is 9.84 Å². The van der Waals surface area contributed by atoms with E-state index in [2.05, 4.69) is 13.5 Å². The summed E-state index contributed by atoms with van der Waals surface area (Å²) >= 11 is 0. The minimum atomic E-state index is -0.341. The minimum absolute atomic E-state index is 0.00403. The fraction of sp³-hybridized carbons (Fsp3) is 0.833. The third-order valence-corrected chi connectivity index (χ3v) is 2.25. The van der Waals surface area contributed by atoms with E-state index in [0.29, 0.717) is 6.61 Å². The summed E-state index contributed by atoms with van der Waals surface area (Å²) in [6.07, 6.45) is 3.30. The molecule has 0 amide bonds. The van der Waals surface area contributed by atoms with Crippen LogP contribution in [0, 0.1) is 0 Å². The molecule has 0 spiro atoms. The van der Waals surface area contributed by atoms with E-state index in [9.17, 15) is 5.11 Å². The number of hydrogen-bond donors (Lipinski definition) is 1. The van der Waals surface area contributed by atoms with E-state index in [1.807, 2.05) is 13.8 Å². The van der Waals surface area contributed by atoms with Crippen molar-refractivity contribution in [3.63, 3.8) is 0 Å². The van der Waals surface area contributed by atoms with Gasteiger partial charge in [-0.05, 0) is 33.1 Å². The van der Waals surface area contributed by atoms with E-state index in [0.717, 1.165) is 31.3 Å². The van der Waals surface area contributed by atoms with Gasteiger partial charge >= 0.3 is 0 Å². The summed E-state index contributed by atoms with van der Waals surface area (Å²) in [4.78, 5) is 0. The van der Waals surface area contributed by atoms with E-state index >= 15 is 0 Å². The predicted molar refractivity (Wildman–Crippen MR) is 60.4 cm³/mol. The lowest BCUT2D eigenvalue weighted by molar-refractivity contribution is -0.0397. The number of allylic oxidation sites excluding steroid dienone is 1. The summed E-state index contributed by atoms with van der Waals surface area (Å²) in [5.41, 5.74) is 1.12. The highest BCUT2D eigenvalue weighted by Crippen LogP contribution is 2.14. The van der Waals surface area contributed by atoms with E-state index < -0.39 is 0 Å². The Hall–Kier alpha value is -0.340. The lowest BCUT2D eigenvalue weighted by atomic mass is 10.0. The number of ether oxygens (including phenoxy) is 1. The second kappa shape index (κ2) is 8.01. The van der Waals surface area contributed by atoms with Crippen molar-refractivity contribution in [3.05, 3.63) is 12.2 Å². The van der Waals surface area contributed by atoms with Crippen molar-refractivity contribution in [2.75, 3.05) is 6.61 Å². The van der Waals surface area contributed by atoms with Crippen LogP contribution in [0.3, 0.4) is 0 Å². The molecule has 2 nitrogen and oxygen atoms in total. The third-order valence-electron chi connectivity index (χ3n) is 2.25. The molecule has 84 valence electrons. The van der Waals surface area contributed by atoms with Crippen LogP contribution in [0.5, 0.6) is 0 Å². The van der Waals surface area contributed by atoms with E-state index in [-0.39, 0.29) is 12.2 Å². The normalized spacial score (nSPS) is 15.1. The molecule has 0 saturated heterocycles. The highest BCUT2D eigenvalue weighted by molar-refractivity contribution is 4.89. The molecule has 2 heteroatoms. The zero-order valence-electron chi connectivity index (χ0n) is 9.75. The minimum Gasteiger partial charge on any atom is -0.390 e. The smallest absolute Gasteiger partial charge is 0.0833 e. The zero-order valence-corrected chi connectivity index (χ0v) is 9.75. The van der Waals surface area contributed by atoms with Gasteiger partial charge in [-0.15, -0.1) is 6.58 Å². The average Bonchev–Trinajstić information content (AvgIpc) is 2.14. The van der Waals surface area contributed by atoms with E-state index in [4.69, 9.17) is 4.74 Å². The number of rotatable bonds is 8. The summed E-state index contributed by atoms with van der Waals surface area (Å²) in [5.74, 6) is 0. The molecule has 0 aromatic heterocycles. The van der Waals surface area contributed by atoms with Crippen LogP contribution in [0.1, 0.15) is 46.5 Å². The first-order valence-electron chi connectivity index (χ1n) is 5.55. The Morgan fingerprint density at radius 1 is 1.36 bits per heavy atom. The van der Waals surface area contributed by atoms with Gasteiger partial charge in [0.05, 0.1) is 12.2 Å². The van der Waals surface area contributed by atoms with Gasteiger partial charge < -0.3 is 9.84 Å². The maximum atomic E-state index is 9.85. The molecular weight excluding hydrogens is 176 g/mol. The third kappa shape index (κ3) is 6.17. The Kier molecular flexibility index (Phi) is 7.81. The van der Waals surface area contributed by atoms with Gasteiger partial charge in [-0.25, -0.2) is 0 Å². The first kappa shape index (κ1) is 13.7. The SMILES string of the molecule is C=C(C)CCC(O)C(CCC)OCC. The molecule has 0 aromatic carbocycles. The standard InChI is InChI=1S/C12H24O2/c1-5-7-12(14-6-2)11(13)9-8-10(3)4/h11-13H,3,5-9H2,1-2,4H3. The fourth-order valence-corrected chi connectivity index (χ4v) is 1.47. The van der Waals surface area contributed by atoms with Crippen molar-refractivity contribution in [1.29, 1.82) is 0 Å². The molecule has 0 aliphatic carbocycles. The van der Waals surface area contributed by atoms with Crippen molar-refractivity contribution in [1.82, 2.24) is 0 Å². The van der Waals surface area contributed by atoms with Gasteiger partial charge in [-0.2, -0.15) is 0 Å². The largest absolute Gasteiger partial charge is 0.390 e. The summed E-state index contributed by atoms with van der Waals surface area (Å²) in [6.45, 7) is 10.6. The maximum absolute atomic E-state index is 9.85. The first-order valence-corrected chi connectivity index (χ1v) is 5.55. The van der Waals surface area contributed by atoms with Gasteiger partial charge in [-0.1, -0.05) is 18.9 Å². The van der Waals surface area contributed by atoms with Crippen LogP contribution in [0.2, 0.25) is 0 Å². The van der Waals surface area contributed by atoms with Gasteiger partial charge in [0, 0.05) is 6.61 Å². The molecule has 0 fully saturated rings. The number of hydrogen-bond acceptors (Lipinski definition) is 2. The van der Waals surface area contributed by atoms with Gasteiger partial charge in [0.25, 0.3) is 0 Å². The fourth-order valence-electron chi connectivity index (χ4n) is 1.47. The molecule has 0 saturated carbocycles. The van der Waals surface area contributed by atoms with Crippen LogP contribution in [-0.2, 0) is 4.74 Å². The van der Waals surface area contributed by atoms with E-state index in [1.165, 1.54) is 0 Å². The van der Waals surface area contributed by atoms with Crippen molar-refractivity contribution >= 4 is 0 Å². The molecule has 1 N–H and O–H groups in total. The lowest BCUT2D eigenvalue weighted by Gasteiger charge is -2.22. The van der Waals surface area contributed by atoms with Crippen LogP contribution >= 0.6 is 0 Å². The predicted octanol–water partition coefficient (Wildman–Crippen LogP) is 2.91. The molecule has 0 aliphatic rings. The summed E-state index contributed by atoms with van der Waals surface area (Å²) in [5, 5.41) is 9.85. The zero-order chi connectivity index (χ0) is 11.0. The molecule has 2 atom stereocenters. The molecular formula is C12H24O2. The van der Waals surface area contributed by atoms with Crippen molar-refractivity contribution in [3.8, 4) is 0 Å². The van der Waals surface area contributed by atoms with Crippen LogP contribution < -0.4 is 0 Å². The quantitative estimate of drug-likeness (QED) is 0.610. The molecule has 0 aromatic rings. The Morgan fingerprint density at radius 2 is 2.00 bits per heavy atom. The highest BCUT2D eigenvalue weighted by atomic mass is 16.5.